The van der Waals surface area contributed by atoms with Crippen molar-refractivity contribution in [2.45, 2.75) is 69.5 Å². The van der Waals surface area contributed by atoms with E-state index in [1.165, 1.54) is 83.1 Å². The van der Waals surface area contributed by atoms with E-state index in [0.717, 1.165) is 11.8 Å². The van der Waals surface area contributed by atoms with Crippen LogP contribution < -0.4 is 11.1 Å². The standard InChI is InChI=1S/C15H32N2S/c16-11-6-1-2-7-12-17-13-8-14-18-15-9-4-3-5-10-15/h15,17H,1-14,16H2. The second-order valence-corrected chi connectivity index (χ2v) is 6.85. The number of hydrogen-bond donors (Lipinski definition) is 2. The maximum atomic E-state index is 5.47. The fourth-order valence-corrected chi connectivity index (χ4v) is 3.86. The Morgan fingerprint density at radius 1 is 0.889 bits per heavy atom. The van der Waals surface area contributed by atoms with Gasteiger partial charge < -0.3 is 11.1 Å². The molecule has 3 N–H and O–H groups in total. The maximum absolute atomic E-state index is 5.47. The number of rotatable bonds is 11. The zero-order valence-electron chi connectivity index (χ0n) is 12.0. The molecule has 1 fully saturated rings. The van der Waals surface area contributed by atoms with Crippen LogP contribution in [0.4, 0.5) is 0 Å². The second kappa shape index (κ2) is 12.3. The second-order valence-electron chi connectivity index (χ2n) is 5.44. The molecule has 1 rings (SSSR count). The first kappa shape index (κ1) is 16.3. The fourth-order valence-electron chi connectivity index (χ4n) is 2.55. The zero-order chi connectivity index (χ0) is 12.9. The molecule has 0 saturated heterocycles. The van der Waals surface area contributed by atoms with Crippen LogP contribution in [0, 0.1) is 0 Å². The van der Waals surface area contributed by atoms with Gasteiger partial charge in [0.1, 0.15) is 0 Å². The van der Waals surface area contributed by atoms with Gasteiger partial charge in [0.25, 0.3) is 0 Å². The summed E-state index contributed by atoms with van der Waals surface area (Å²) in [7, 11) is 0. The van der Waals surface area contributed by atoms with E-state index in [1.54, 1.807) is 0 Å². The van der Waals surface area contributed by atoms with E-state index in [2.05, 4.69) is 17.1 Å². The Bertz CT molecular complexity index is 170. The molecule has 2 nitrogen and oxygen atoms in total. The number of nitrogens with one attached hydrogen (secondary N) is 1. The SMILES string of the molecule is NCCCCCCNCCCSC1CCCCC1. The fraction of sp³-hybridized carbons (Fsp3) is 1.00. The van der Waals surface area contributed by atoms with E-state index < -0.39 is 0 Å². The van der Waals surface area contributed by atoms with Gasteiger partial charge in [0.05, 0.1) is 0 Å². The lowest BCUT2D eigenvalue weighted by atomic mass is 10.0. The van der Waals surface area contributed by atoms with Gasteiger partial charge in [-0.2, -0.15) is 11.8 Å². The largest absolute Gasteiger partial charge is 0.330 e. The molecule has 0 heterocycles. The predicted octanol–water partition coefficient (Wildman–Crippen LogP) is 3.55. The molecule has 0 amide bonds. The summed E-state index contributed by atoms with van der Waals surface area (Å²) < 4.78 is 0. The summed E-state index contributed by atoms with van der Waals surface area (Å²) in [5.74, 6) is 1.35. The van der Waals surface area contributed by atoms with E-state index in [-0.39, 0.29) is 0 Å². The van der Waals surface area contributed by atoms with E-state index in [1.807, 2.05) is 0 Å². The van der Waals surface area contributed by atoms with E-state index in [0.29, 0.717) is 0 Å². The summed E-state index contributed by atoms with van der Waals surface area (Å²) in [4.78, 5) is 0. The van der Waals surface area contributed by atoms with Crippen LogP contribution in [0.1, 0.15) is 64.2 Å². The molecule has 18 heavy (non-hydrogen) atoms. The third kappa shape index (κ3) is 9.23. The van der Waals surface area contributed by atoms with Crippen LogP contribution in [-0.4, -0.2) is 30.6 Å². The van der Waals surface area contributed by atoms with Crippen molar-refractivity contribution >= 4 is 11.8 Å². The molecular weight excluding hydrogens is 240 g/mol. The smallest absolute Gasteiger partial charge is 0.00470 e. The quantitative estimate of drug-likeness (QED) is 0.565. The van der Waals surface area contributed by atoms with E-state index >= 15 is 0 Å². The topological polar surface area (TPSA) is 38.0 Å². The minimum atomic E-state index is 0.853. The Morgan fingerprint density at radius 2 is 1.61 bits per heavy atom. The van der Waals surface area contributed by atoms with Gasteiger partial charge in [0.15, 0.2) is 0 Å². The molecule has 0 radical (unpaired) electrons. The van der Waals surface area contributed by atoms with Gasteiger partial charge in [-0.3, -0.25) is 0 Å². The van der Waals surface area contributed by atoms with Crippen LogP contribution in [0.2, 0.25) is 0 Å². The molecular formula is C15H32N2S. The van der Waals surface area contributed by atoms with Crippen molar-refractivity contribution < 1.29 is 0 Å². The van der Waals surface area contributed by atoms with Crippen molar-refractivity contribution in [2.75, 3.05) is 25.4 Å². The molecule has 0 unspecified atom stereocenters. The van der Waals surface area contributed by atoms with Gasteiger partial charge in [-0.05, 0) is 57.5 Å². The highest BCUT2D eigenvalue weighted by Gasteiger charge is 2.12. The van der Waals surface area contributed by atoms with Crippen LogP contribution >= 0.6 is 11.8 Å². The van der Waals surface area contributed by atoms with Gasteiger partial charge in [-0.15, -0.1) is 0 Å². The average molecular weight is 273 g/mol. The normalized spacial score (nSPS) is 17.2. The Balaban J connectivity index is 1.73. The molecule has 0 aromatic heterocycles. The first-order valence-corrected chi connectivity index (χ1v) is 9.00. The molecule has 0 spiro atoms. The lowest BCUT2D eigenvalue weighted by molar-refractivity contribution is 0.515. The summed E-state index contributed by atoms with van der Waals surface area (Å²) >= 11 is 2.22. The van der Waals surface area contributed by atoms with Gasteiger partial charge >= 0.3 is 0 Å². The molecule has 0 atom stereocenters. The van der Waals surface area contributed by atoms with Crippen LogP contribution in [0.3, 0.4) is 0 Å². The molecule has 0 aromatic rings. The summed E-state index contributed by atoms with van der Waals surface area (Å²) in [5.41, 5.74) is 5.47. The van der Waals surface area contributed by atoms with Crippen LogP contribution in [0.5, 0.6) is 0 Å². The molecule has 3 heteroatoms. The number of unbranched alkanes of at least 4 members (excludes halogenated alkanes) is 3. The molecule has 0 aromatic carbocycles. The third-order valence-electron chi connectivity index (χ3n) is 3.71. The maximum Gasteiger partial charge on any atom is 0.00470 e. The highest BCUT2D eigenvalue weighted by molar-refractivity contribution is 7.99. The lowest BCUT2D eigenvalue weighted by Gasteiger charge is -2.20. The van der Waals surface area contributed by atoms with Crippen molar-refractivity contribution in [1.82, 2.24) is 5.32 Å². The minimum absolute atomic E-state index is 0.853. The first-order valence-electron chi connectivity index (χ1n) is 7.96. The molecule has 108 valence electrons. The van der Waals surface area contributed by atoms with Gasteiger partial charge in [-0.1, -0.05) is 32.1 Å². The molecule has 1 saturated carbocycles. The van der Waals surface area contributed by atoms with E-state index in [9.17, 15) is 0 Å². The average Bonchev–Trinajstić information content (AvgIpc) is 2.42. The van der Waals surface area contributed by atoms with Crippen molar-refractivity contribution in [3.63, 3.8) is 0 Å². The Morgan fingerprint density at radius 3 is 2.39 bits per heavy atom. The lowest BCUT2D eigenvalue weighted by Crippen LogP contribution is -2.18. The van der Waals surface area contributed by atoms with Gasteiger partial charge in [-0.25, -0.2) is 0 Å². The number of hydrogen-bond acceptors (Lipinski definition) is 3. The number of thioether (sulfide) groups is 1. The monoisotopic (exact) mass is 272 g/mol. The number of nitrogens with two attached hydrogens (primary N) is 1. The zero-order valence-corrected chi connectivity index (χ0v) is 12.8. The summed E-state index contributed by atoms with van der Waals surface area (Å²) in [5, 5.41) is 4.54. The Labute approximate surface area is 118 Å². The summed E-state index contributed by atoms with van der Waals surface area (Å²) in [6.07, 6.45) is 13.8. The van der Waals surface area contributed by atoms with Crippen LogP contribution in [0.25, 0.3) is 0 Å². The highest BCUT2D eigenvalue weighted by Crippen LogP contribution is 2.28. The van der Waals surface area contributed by atoms with Crippen molar-refractivity contribution in [1.29, 1.82) is 0 Å². The highest BCUT2D eigenvalue weighted by atomic mass is 32.2. The van der Waals surface area contributed by atoms with Crippen LogP contribution in [0.15, 0.2) is 0 Å². The Kier molecular flexibility index (Phi) is 11.2. The molecule has 1 aliphatic rings. The first-order chi connectivity index (χ1) is 8.93. The third-order valence-corrected chi connectivity index (χ3v) is 5.18. The van der Waals surface area contributed by atoms with Crippen molar-refractivity contribution in [3.05, 3.63) is 0 Å². The minimum Gasteiger partial charge on any atom is -0.330 e. The Hall–Kier alpha value is 0.270. The summed E-state index contributed by atoms with van der Waals surface area (Å²) in [6, 6.07) is 0. The van der Waals surface area contributed by atoms with Crippen LogP contribution in [-0.2, 0) is 0 Å². The van der Waals surface area contributed by atoms with E-state index in [4.69, 9.17) is 5.73 Å². The predicted molar refractivity (Wildman–Crippen MR) is 84.3 cm³/mol. The van der Waals surface area contributed by atoms with Gasteiger partial charge in [0, 0.05) is 5.25 Å². The van der Waals surface area contributed by atoms with Crippen molar-refractivity contribution in [2.24, 2.45) is 5.73 Å². The molecule has 0 aliphatic heterocycles. The summed E-state index contributed by atoms with van der Waals surface area (Å²) in [6.45, 7) is 3.25. The van der Waals surface area contributed by atoms with Gasteiger partial charge in [0.2, 0.25) is 0 Å². The van der Waals surface area contributed by atoms with Crippen molar-refractivity contribution in [3.8, 4) is 0 Å². The molecule has 0 bridgehead atoms. The molecule has 1 aliphatic carbocycles.